The minimum Gasteiger partial charge on any atom is -0.491 e. The lowest BCUT2D eigenvalue weighted by Crippen LogP contribution is -2.74. The first-order chi connectivity index (χ1) is 14.5. The standard InChI is InChI=1S/C25H29ClN2O3/c1-15(2)30-18-10-7-16(8-11-18)21(29)28-22-24(3,4)23(25(22,5)6)31-19-12-9-17(14-27)20(26)13-19/h7-13,15,22-23H,1-6H3,(H,28,29)/t22-,23-. The predicted octanol–water partition coefficient (Wildman–Crippen LogP) is 5.61. The van der Waals surface area contributed by atoms with Gasteiger partial charge in [-0.25, -0.2) is 0 Å². The Bertz CT molecular complexity index is 990. The monoisotopic (exact) mass is 440 g/mol. The third-order valence-corrected chi connectivity index (χ3v) is 6.23. The van der Waals surface area contributed by atoms with Crippen LogP contribution in [0.2, 0.25) is 5.02 Å². The molecule has 1 fully saturated rings. The number of hydrogen-bond donors (Lipinski definition) is 1. The number of amides is 1. The summed E-state index contributed by atoms with van der Waals surface area (Å²) in [5.41, 5.74) is 0.391. The zero-order valence-corrected chi connectivity index (χ0v) is 19.6. The molecule has 0 unspecified atom stereocenters. The van der Waals surface area contributed by atoms with Crippen LogP contribution in [0.15, 0.2) is 42.5 Å². The summed E-state index contributed by atoms with van der Waals surface area (Å²) in [6.07, 6.45) is -0.0599. The molecule has 0 radical (unpaired) electrons. The van der Waals surface area contributed by atoms with Gasteiger partial charge in [0.1, 0.15) is 23.7 Å². The largest absolute Gasteiger partial charge is 0.491 e. The zero-order valence-electron chi connectivity index (χ0n) is 18.8. The Balaban J connectivity index is 1.71. The molecule has 1 saturated carbocycles. The Hall–Kier alpha value is -2.71. The number of rotatable bonds is 6. The second-order valence-corrected chi connectivity index (χ2v) is 9.90. The van der Waals surface area contributed by atoms with Crippen LogP contribution in [0.1, 0.15) is 57.5 Å². The molecule has 164 valence electrons. The van der Waals surface area contributed by atoms with Gasteiger partial charge in [0, 0.05) is 28.5 Å². The van der Waals surface area contributed by atoms with Gasteiger partial charge < -0.3 is 14.8 Å². The van der Waals surface area contributed by atoms with Gasteiger partial charge in [-0.1, -0.05) is 39.3 Å². The van der Waals surface area contributed by atoms with Crippen LogP contribution in [-0.2, 0) is 0 Å². The van der Waals surface area contributed by atoms with Crippen molar-refractivity contribution in [1.29, 1.82) is 5.26 Å². The smallest absolute Gasteiger partial charge is 0.251 e. The molecule has 0 atom stereocenters. The van der Waals surface area contributed by atoms with Crippen LogP contribution in [0, 0.1) is 22.2 Å². The van der Waals surface area contributed by atoms with Crippen molar-refractivity contribution in [2.75, 3.05) is 0 Å². The maximum atomic E-state index is 12.9. The van der Waals surface area contributed by atoms with Gasteiger partial charge in [0.2, 0.25) is 0 Å². The molecule has 2 aromatic rings. The second-order valence-electron chi connectivity index (χ2n) is 9.49. The molecule has 1 N–H and O–H groups in total. The molecule has 0 aromatic heterocycles. The lowest BCUT2D eigenvalue weighted by Gasteiger charge is -2.63. The average Bonchev–Trinajstić information content (AvgIpc) is 2.70. The quantitative estimate of drug-likeness (QED) is 0.633. The fourth-order valence-corrected chi connectivity index (χ4v) is 4.98. The summed E-state index contributed by atoms with van der Waals surface area (Å²) < 4.78 is 11.9. The van der Waals surface area contributed by atoms with Crippen molar-refractivity contribution in [1.82, 2.24) is 5.32 Å². The normalized spacial score (nSPS) is 21.0. The van der Waals surface area contributed by atoms with Crippen LogP contribution >= 0.6 is 11.6 Å². The van der Waals surface area contributed by atoms with Crippen molar-refractivity contribution < 1.29 is 14.3 Å². The molecular weight excluding hydrogens is 412 g/mol. The molecule has 0 bridgehead atoms. The third kappa shape index (κ3) is 4.50. The Morgan fingerprint density at radius 3 is 2.16 bits per heavy atom. The first kappa shape index (κ1) is 23.0. The summed E-state index contributed by atoms with van der Waals surface area (Å²) >= 11 is 6.15. The van der Waals surface area contributed by atoms with Gasteiger partial charge >= 0.3 is 0 Å². The second kappa shape index (κ2) is 8.43. The van der Waals surface area contributed by atoms with Crippen LogP contribution in [0.4, 0.5) is 0 Å². The van der Waals surface area contributed by atoms with Gasteiger partial charge in [-0.05, 0) is 50.2 Å². The van der Waals surface area contributed by atoms with Gasteiger partial charge in [-0.15, -0.1) is 0 Å². The molecule has 3 rings (SSSR count). The van der Waals surface area contributed by atoms with Crippen LogP contribution < -0.4 is 14.8 Å². The molecule has 0 aliphatic heterocycles. The van der Waals surface area contributed by atoms with Crippen molar-refractivity contribution >= 4 is 17.5 Å². The molecule has 0 heterocycles. The van der Waals surface area contributed by atoms with Crippen LogP contribution in [0.25, 0.3) is 0 Å². The van der Waals surface area contributed by atoms with Crippen molar-refractivity contribution in [3.8, 4) is 17.6 Å². The number of nitrogens with one attached hydrogen (secondary N) is 1. The Kier molecular flexibility index (Phi) is 6.25. The number of ether oxygens (including phenoxy) is 2. The highest BCUT2D eigenvalue weighted by Crippen LogP contribution is 2.55. The molecule has 1 amide bonds. The average molecular weight is 441 g/mol. The summed E-state index contributed by atoms with van der Waals surface area (Å²) in [4.78, 5) is 12.9. The van der Waals surface area contributed by atoms with Crippen molar-refractivity contribution in [3.63, 3.8) is 0 Å². The molecule has 5 nitrogen and oxygen atoms in total. The van der Waals surface area contributed by atoms with Crippen molar-refractivity contribution in [2.45, 2.75) is 59.8 Å². The summed E-state index contributed by atoms with van der Waals surface area (Å²) in [7, 11) is 0. The molecule has 1 aliphatic rings. The van der Waals surface area contributed by atoms with Crippen LogP contribution in [-0.4, -0.2) is 24.2 Å². The number of nitrogens with zero attached hydrogens (tertiary/aromatic N) is 1. The lowest BCUT2D eigenvalue weighted by molar-refractivity contribution is -0.164. The molecule has 0 saturated heterocycles. The van der Waals surface area contributed by atoms with Crippen molar-refractivity contribution in [3.05, 3.63) is 58.6 Å². The van der Waals surface area contributed by atoms with E-state index in [1.165, 1.54) is 0 Å². The number of hydrogen-bond acceptors (Lipinski definition) is 4. The van der Waals surface area contributed by atoms with E-state index in [-0.39, 0.29) is 35.0 Å². The number of halogens is 1. The van der Waals surface area contributed by atoms with E-state index < -0.39 is 0 Å². The summed E-state index contributed by atoms with van der Waals surface area (Å²) in [5, 5.41) is 12.6. The molecule has 31 heavy (non-hydrogen) atoms. The fraction of sp³-hybridized carbons (Fsp3) is 0.440. The summed E-state index contributed by atoms with van der Waals surface area (Å²) in [6, 6.07) is 14.2. The van der Waals surface area contributed by atoms with E-state index in [9.17, 15) is 4.79 Å². The first-order valence-electron chi connectivity index (χ1n) is 10.4. The van der Waals surface area contributed by atoms with E-state index in [2.05, 4.69) is 39.1 Å². The fourth-order valence-electron chi connectivity index (χ4n) is 4.77. The maximum absolute atomic E-state index is 12.9. The summed E-state index contributed by atoms with van der Waals surface area (Å²) in [5.74, 6) is 1.23. The van der Waals surface area contributed by atoms with E-state index in [4.69, 9.17) is 26.3 Å². The topological polar surface area (TPSA) is 71.3 Å². The van der Waals surface area contributed by atoms with Gasteiger partial charge in [-0.2, -0.15) is 5.26 Å². The molecule has 1 aliphatic carbocycles. The highest BCUT2D eigenvalue weighted by atomic mass is 35.5. The minimum atomic E-state index is -0.305. The highest BCUT2D eigenvalue weighted by molar-refractivity contribution is 6.31. The van der Waals surface area contributed by atoms with E-state index in [0.29, 0.717) is 21.9 Å². The molecule has 2 aromatic carbocycles. The SMILES string of the molecule is CC(C)Oc1ccc(C(=O)N[C@H]2C(C)(C)[C@H](Oc3ccc(C#N)c(Cl)c3)C2(C)C)cc1. The molecule has 6 heteroatoms. The number of benzene rings is 2. The Morgan fingerprint density at radius 1 is 1.06 bits per heavy atom. The van der Waals surface area contributed by atoms with Gasteiger partial charge in [0.25, 0.3) is 5.91 Å². The van der Waals surface area contributed by atoms with Crippen LogP contribution in [0.5, 0.6) is 11.5 Å². The first-order valence-corrected chi connectivity index (χ1v) is 10.8. The zero-order chi connectivity index (χ0) is 23.0. The van der Waals surface area contributed by atoms with E-state index in [1.807, 2.05) is 26.0 Å². The number of carbonyl (C=O) groups excluding carboxylic acids is 1. The third-order valence-electron chi connectivity index (χ3n) is 5.92. The predicted molar refractivity (Wildman–Crippen MR) is 122 cm³/mol. The number of carbonyl (C=O) groups is 1. The van der Waals surface area contributed by atoms with Gasteiger partial charge in [0.05, 0.1) is 16.7 Å². The van der Waals surface area contributed by atoms with Crippen LogP contribution in [0.3, 0.4) is 0 Å². The van der Waals surface area contributed by atoms with E-state index >= 15 is 0 Å². The lowest BCUT2D eigenvalue weighted by atomic mass is 9.49. The highest BCUT2D eigenvalue weighted by Gasteiger charge is 2.64. The van der Waals surface area contributed by atoms with Crippen molar-refractivity contribution in [2.24, 2.45) is 10.8 Å². The van der Waals surface area contributed by atoms with E-state index in [0.717, 1.165) is 5.75 Å². The number of nitriles is 1. The van der Waals surface area contributed by atoms with Gasteiger partial charge in [0.15, 0.2) is 0 Å². The Morgan fingerprint density at radius 2 is 1.65 bits per heavy atom. The summed E-state index contributed by atoms with van der Waals surface area (Å²) in [6.45, 7) is 12.3. The molecule has 0 spiro atoms. The van der Waals surface area contributed by atoms with Gasteiger partial charge in [-0.3, -0.25) is 4.79 Å². The molecular formula is C25H29ClN2O3. The minimum absolute atomic E-state index is 0.0826. The Labute approximate surface area is 189 Å². The maximum Gasteiger partial charge on any atom is 0.251 e. The van der Waals surface area contributed by atoms with E-state index in [1.54, 1.807) is 30.3 Å².